The lowest BCUT2D eigenvalue weighted by molar-refractivity contribution is 0.0288. The number of hydrogen-bond acceptors (Lipinski definition) is 5. The first-order chi connectivity index (χ1) is 11.4. The Balaban J connectivity index is 1.60. The predicted molar refractivity (Wildman–Crippen MR) is 89.2 cm³/mol. The number of nitrogens with one attached hydrogen (secondary N) is 1. The van der Waals surface area contributed by atoms with Crippen molar-refractivity contribution in [2.45, 2.75) is 39.2 Å². The molecule has 1 aliphatic rings. The zero-order valence-corrected chi connectivity index (χ0v) is 14.3. The quantitative estimate of drug-likeness (QED) is 0.936. The van der Waals surface area contributed by atoms with Crippen LogP contribution in [0.5, 0.6) is 0 Å². The molecule has 24 heavy (non-hydrogen) atoms. The second kappa shape index (κ2) is 6.59. The van der Waals surface area contributed by atoms with E-state index in [-0.39, 0.29) is 6.09 Å². The van der Waals surface area contributed by atoms with Gasteiger partial charge in [0, 0.05) is 31.0 Å². The highest BCUT2D eigenvalue weighted by molar-refractivity contribution is 5.68. The van der Waals surface area contributed by atoms with E-state index in [0.717, 1.165) is 36.3 Å². The maximum Gasteiger partial charge on any atom is 0.410 e. The van der Waals surface area contributed by atoms with Crippen molar-refractivity contribution in [3.8, 4) is 11.3 Å². The maximum atomic E-state index is 12.1. The van der Waals surface area contributed by atoms with E-state index in [4.69, 9.17) is 4.74 Å². The summed E-state index contributed by atoms with van der Waals surface area (Å²) >= 11 is 0. The first kappa shape index (κ1) is 16.4. The molecule has 1 amide bonds. The van der Waals surface area contributed by atoms with Crippen LogP contribution >= 0.6 is 0 Å². The first-order valence-electron chi connectivity index (χ1n) is 8.19. The third-order valence-electron chi connectivity index (χ3n) is 3.91. The predicted octanol–water partition coefficient (Wildman–Crippen LogP) is 2.67. The van der Waals surface area contributed by atoms with Gasteiger partial charge in [-0.3, -0.25) is 10.1 Å². The van der Waals surface area contributed by atoms with Crippen LogP contribution in [-0.2, 0) is 11.2 Å². The van der Waals surface area contributed by atoms with Crippen molar-refractivity contribution < 1.29 is 9.53 Å². The van der Waals surface area contributed by atoms with Crippen LogP contribution in [0.15, 0.2) is 24.8 Å². The number of carbonyl (C=O) groups excluding carboxylic acids is 1. The average molecular weight is 329 g/mol. The largest absolute Gasteiger partial charge is 0.444 e. The van der Waals surface area contributed by atoms with Crippen molar-refractivity contribution in [3.05, 3.63) is 30.5 Å². The summed E-state index contributed by atoms with van der Waals surface area (Å²) in [5, 5.41) is 6.72. The lowest BCUT2D eigenvalue weighted by atomic mass is 10.0. The molecule has 0 bridgehead atoms. The molecule has 1 N–H and O–H groups in total. The van der Waals surface area contributed by atoms with E-state index in [1.54, 1.807) is 29.7 Å². The fourth-order valence-electron chi connectivity index (χ4n) is 2.82. The molecule has 0 saturated carbocycles. The molecule has 0 radical (unpaired) electrons. The number of aromatic amines is 1. The number of amides is 1. The highest BCUT2D eigenvalue weighted by Crippen LogP contribution is 2.23. The zero-order chi connectivity index (χ0) is 17.2. The van der Waals surface area contributed by atoms with Crippen LogP contribution in [0.25, 0.3) is 11.3 Å². The number of ether oxygens (including phenoxy) is 1. The SMILES string of the molecule is CC(C)(C)OC(=O)N1CCC(Cc2cncc(-c3cn[nH]c3)n2)C1. The summed E-state index contributed by atoms with van der Waals surface area (Å²) in [5.74, 6) is 0.381. The Morgan fingerprint density at radius 3 is 2.92 bits per heavy atom. The molecule has 1 saturated heterocycles. The summed E-state index contributed by atoms with van der Waals surface area (Å²) in [5.41, 5.74) is 2.21. The van der Waals surface area contributed by atoms with Crippen LogP contribution in [0.3, 0.4) is 0 Å². The summed E-state index contributed by atoms with van der Waals surface area (Å²) in [4.78, 5) is 22.8. The molecule has 0 aromatic carbocycles. The smallest absolute Gasteiger partial charge is 0.410 e. The van der Waals surface area contributed by atoms with Gasteiger partial charge in [-0.15, -0.1) is 0 Å². The van der Waals surface area contributed by atoms with Crippen molar-refractivity contribution in [1.29, 1.82) is 0 Å². The van der Waals surface area contributed by atoms with Crippen molar-refractivity contribution in [3.63, 3.8) is 0 Å². The second-order valence-electron chi connectivity index (χ2n) is 7.17. The monoisotopic (exact) mass is 329 g/mol. The topological polar surface area (TPSA) is 84.0 Å². The van der Waals surface area contributed by atoms with E-state index in [1.807, 2.05) is 20.8 Å². The summed E-state index contributed by atoms with van der Waals surface area (Å²) < 4.78 is 5.44. The molecule has 1 aliphatic heterocycles. The van der Waals surface area contributed by atoms with Gasteiger partial charge in [0.05, 0.1) is 23.8 Å². The van der Waals surface area contributed by atoms with Gasteiger partial charge in [0.15, 0.2) is 0 Å². The van der Waals surface area contributed by atoms with Gasteiger partial charge in [0.2, 0.25) is 0 Å². The number of aromatic nitrogens is 4. The van der Waals surface area contributed by atoms with Crippen LogP contribution in [-0.4, -0.2) is 49.8 Å². The van der Waals surface area contributed by atoms with Gasteiger partial charge in [-0.05, 0) is 39.5 Å². The number of carbonyl (C=O) groups is 1. The van der Waals surface area contributed by atoms with Crippen LogP contribution in [0.2, 0.25) is 0 Å². The molecule has 3 heterocycles. The molecule has 1 unspecified atom stereocenters. The lowest BCUT2D eigenvalue weighted by Gasteiger charge is -2.24. The van der Waals surface area contributed by atoms with Crippen molar-refractivity contribution in [2.75, 3.05) is 13.1 Å². The van der Waals surface area contributed by atoms with Gasteiger partial charge in [-0.2, -0.15) is 5.10 Å². The molecule has 7 nitrogen and oxygen atoms in total. The van der Waals surface area contributed by atoms with Gasteiger partial charge in [0.25, 0.3) is 0 Å². The first-order valence-corrected chi connectivity index (χ1v) is 8.19. The van der Waals surface area contributed by atoms with E-state index in [1.165, 1.54) is 0 Å². The van der Waals surface area contributed by atoms with Gasteiger partial charge >= 0.3 is 6.09 Å². The average Bonchev–Trinajstić information content (AvgIpc) is 3.17. The van der Waals surface area contributed by atoms with Gasteiger partial charge < -0.3 is 9.64 Å². The fourth-order valence-corrected chi connectivity index (χ4v) is 2.82. The minimum atomic E-state index is -0.459. The molecule has 3 rings (SSSR count). The second-order valence-corrected chi connectivity index (χ2v) is 7.17. The van der Waals surface area contributed by atoms with Gasteiger partial charge in [0.1, 0.15) is 5.60 Å². The third-order valence-corrected chi connectivity index (χ3v) is 3.91. The molecule has 128 valence electrons. The minimum Gasteiger partial charge on any atom is -0.444 e. The number of rotatable bonds is 3. The minimum absolute atomic E-state index is 0.233. The van der Waals surface area contributed by atoms with E-state index < -0.39 is 5.60 Å². The highest BCUT2D eigenvalue weighted by atomic mass is 16.6. The molecule has 1 atom stereocenters. The maximum absolute atomic E-state index is 12.1. The Morgan fingerprint density at radius 1 is 1.38 bits per heavy atom. The summed E-state index contributed by atoms with van der Waals surface area (Å²) in [6.07, 6.45) is 8.58. The Labute approximate surface area is 141 Å². The highest BCUT2D eigenvalue weighted by Gasteiger charge is 2.30. The van der Waals surface area contributed by atoms with Gasteiger partial charge in [-0.25, -0.2) is 9.78 Å². The Morgan fingerprint density at radius 2 is 2.21 bits per heavy atom. The Bertz CT molecular complexity index is 693. The number of hydrogen-bond donors (Lipinski definition) is 1. The van der Waals surface area contributed by atoms with Crippen molar-refractivity contribution in [1.82, 2.24) is 25.1 Å². The van der Waals surface area contributed by atoms with E-state index in [0.29, 0.717) is 12.5 Å². The normalized spacial score (nSPS) is 18.0. The van der Waals surface area contributed by atoms with Crippen LogP contribution < -0.4 is 0 Å². The van der Waals surface area contributed by atoms with Crippen LogP contribution in [0, 0.1) is 5.92 Å². The van der Waals surface area contributed by atoms with E-state index in [2.05, 4.69) is 20.2 Å². The van der Waals surface area contributed by atoms with E-state index >= 15 is 0 Å². The molecule has 0 aliphatic carbocycles. The summed E-state index contributed by atoms with van der Waals surface area (Å²) in [6, 6.07) is 0. The standard InChI is InChI=1S/C17H23N5O2/c1-17(2,3)24-16(23)22-5-4-12(11-22)6-14-9-18-10-15(21-14)13-7-19-20-8-13/h7-10,12H,4-6,11H2,1-3H3,(H,19,20). The molecule has 2 aromatic heterocycles. The molecular formula is C17H23N5O2. The third kappa shape index (κ3) is 4.10. The van der Waals surface area contributed by atoms with Crippen molar-refractivity contribution in [2.24, 2.45) is 5.92 Å². The van der Waals surface area contributed by atoms with Gasteiger partial charge in [-0.1, -0.05) is 0 Å². The molecule has 7 heteroatoms. The number of likely N-dealkylation sites (tertiary alicyclic amines) is 1. The summed E-state index contributed by atoms with van der Waals surface area (Å²) in [7, 11) is 0. The van der Waals surface area contributed by atoms with Crippen molar-refractivity contribution >= 4 is 6.09 Å². The lowest BCUT2D eigenvalue weighted by Crippen LogP contribution is -2.35. The molecular weight excluding hydrogens is 306 g/mol. The van der Waals surface area contributed by atoms with Crippen LogP contribution in [0.1, 0.15) is 32.9 Å². The number of H-pyrrole nitrogens is 1. The zero-order valence-electron chi connectivity index (χ0n) is 14.3. The molecule has 2 aromatic rings. The molecule has 1 fully saturated rings. The molecule has 0 spiro atoms. The number of nitrogens with zero attached hydrogens (tertiary/aromatic N) is 4. The van der Waals surface area contributed by atoms with Crippen LogP contribution in [0.4, 0.5) is 4.79 Å². The Kier molecular flexibility index (Phi) is 4.51. The fraction of sp³-hybridized carbons (Fsp3) is 0.529. The van der Waals surface area contributed by atoms with E-state index in [9.17, 15) is 4.79 Å². The Hall–Kier alpha value is -2.44. The summed E-state index contributed by atoms with van der Waals surface area (Å²) in [6.45, 7) is 7.08.